The highest BCUT2D eigenvalue weighted by Crippen LogP contribution is 2.35. The van der Waals surface area contributed by atoms with Gasteiger partial charge in [0.05, 0.1) is 10.5 Å². The van der Waals surface area contributed by atoms with Crippen molar-refractivity contribution in [2.75, 3.05) is 0 Å². The van der Waals surface area contributed by atoms with E-state index in [-0.39, 0.29) is 5.41 Å². The zero-order valence-corrected chi connectivity index (χ0v) is 13.3. The van der Waals surface area contributed by atoms with Gasteiger partial charge in [0.2, 0.25) is 0 Å². The fourth-order valence-corrected chi connectivity index (χ4v) is 3.06. The number of benzene rings is 1. The van der Waals surface area contributed by atoms with E-state index in [2.05, 4.69) is 15.9 Å². The van der Waals surface area contributed by atoms with Crippen LogP contribution in [0, 0.1) is 0 Å². The number of aromatic nitrogens is 1. The molecule has 0 bridgehead atoms. The average molecular weight is 345 g/mol. The molecule has 1 N–H and O–H groups in total. The largest absolute Gasteiger partial charge is 0.464 e. The minimum absolute atomic E-state index is 0.269. The lowest BCUT2D eigenvalue weighted by molar-refractivity contribution is 0.195. The van der Waals surface area contributed by atoms with Gasteiger partial charge in [-0.1, -0.05) is 54.4 Å². The Kier molecular flexibility index (Phi) is 3.67. The molecular formula is C14H15BrClNO2. The number of fused-ring (bicyclic) bond motifs is 1. The van der Waals surface area contributed by atoms with Crippen LogP contribution in [0.15, 0.2) is 18.2 Å². The predicted molar refractivity (Wildman–Crippen MR) is 81.7 cm³/mol. The van der Waals surface area contributed by atoms with E-state index in [4.69, 9.17) is 11.6 Å². The standard InChI is InChI=1S/C14H15BrClNO2/c1-14(2,3)11-6-9-10(17(11)13(18)19)5-4-8(7-15)12(9)16/h4-6H,7H2,1-3H3,(H,18,19). The average Bonchev–Trinajstić information content (AvgIpc) is 2.69. The van der Waals surface area contributed by atoms with Gasteiger partial charge in [-0.3, -0.25) is 0 Å². The van der Waals surface area contributed by atoms with Gasteiger partial charge in [0, 0.05) is 21.8 Å². The van der Waals surface area contributed by atoms with Crippen molar-refractivity contribution in [1.82, 2.24) is 4.57 Å². The summed E-state index contributed by atoms with van der Waals surface area (Å²) >= 11 is 9.73. The van der Waals surface area contributed by atoms with E-state index in [1.807, 2.05) is 32.9 Å². The molecule has 0 aliphatic carbocycles. The molecule has 0 spiro atoms. The van der Waals surface area contributed by atoms with Crippen molar-refractivity contribution in [3.8, 4) is 0 Å². The second-order valence-corrected chi connectivity index (χ2v) is 6.44. The molecule has 0 saturated heterocycles. The highest BCUT2D eigenvalue weighted by atomic mass is 79.9. The van der Waals surface area contributed by atoms with E-state index in [1.165, 1.54) is 4.57 Å². The molecule has 0 radical (unpaired) electrons. The number of rotatable bonds is 1. The highest BCUT2D eigenvalue weighted by Gasteiger charge is 2.25. The number of carbonyl (C=O) groups is 1. The third-order valence-electron chi connectivity index (χ3n) is 3.10. The number of carboxylic acid groups (broad SMARTS) is 1. The first-order valence-electron chi connectivity index (χ1n) is 5.90. The molecule has 2 rings (SSSR count). The second-order valence-electron chi connectivity index (χ2n) is 5.50. The van der Waals surface area contributed by atoms with Crippen LogP contribution >= 0.6 is 27.5 Å². The van der Waals surface area contributed by atoms with Crippen molar-refractivity contribution >= 4 is 44.5 Å². The Morgan fingerprint density at radius 2 is 2.05 bits per heavy atom. The Morgan fingerprint density at radius 1 is 1.42 bits per heavy atom. The molecule has 0 fully saturated rings. The normalized spacial score (nSPS) is 12.1. The van der Waals surface area contributed by atoms with Crippen LogP contribution in [0.3, 0.4) is 0 Å². The SMILES string of the molecule is CC(C)(C)c1cc2c(Cl)c(CBr)ccc2n1C(=O)O. The molecule has 1 heterocycles. The van der Waals surface area contributed by atoms with Gasteiger partial charge >= 0.3 is 6.09 Å². The molecule has 0 aliphatic heterocycles. The molecule has 2 aromatic rings. The minimum Gasteiger partial charge on any atom is -0.464 e. The fourth-order valence-electron chi connectivity index (χ4n) is 2.15. The number of halogens is 2. The van der Waals surface area contributed by atoms with E-state index < -0.39 is 6.09 Å². The van der Waals surface area contributed by atoms with Crippen molar-refractivity contribution in [3.05, 3.63) is 34.5 Å². The summed E-state index contributed by atoms with van der Waals surface area (Å²) in [5.41, 5.74) is 2.06. The maximum atomic E-state index is 11.5. The van der Waals surface area contributed by atoms with Gasteiger partial charge in [-0.05, 0) is 17.7 Å². The number of alkyl halides is 1. The van der Waals surface area contributed by atoms with Crippen molar-refractivity contribution in [2.45, 2.75) is 31.5 Å². The summed E-state index contributed by atoms with van der Waals surface area (Å²) < 4.78 is 1.32. The topological polar surface area (TPSA) is 42.2 Å². The van der Waals surface area contributed by atoms with Gasteiger partial charge in [0.15, 0.2) is 0 Å². The van der Waals surface area contributed by atoms with Crippen molar-refractivity contribution in [1.29, 1.82) is 0 Å². The summed E-state index contributed by atoms with van der Waals surface area (Å²) in [6.07, 6.45) is -0.984. The van der Waals surface area contributed by atoms with E-state index >= 15 is 0 Å². The Morgan fingerprint density at radius 3 is 2.53 bits per heavy atom. The second kappa shape index (κ2) is 4.84. The van der Waals surface area contributed by atoms with Crippen LogP contribution in [-0.2, 0) is 10.7 Å². The molecular weight excluding hydrogens is 330 g/mol. The minimum atomic E-state index is -0.984. The maximum Gasteiger partial charge on any atom is 0.416 e. The summed E-state index contributed by atoms with van der Waals surface area (Å²) in [6, 6.07) is 5.53. The van der Waals surface area contributed by atoms with E-state index in [9.17, 15) is 9.90 Å². The summed E-state index contributed by atoms with van der Waals surface area (Å²) in [5.74, 6) is 0. The molecule has 19 heavy (non-hydrogen) atoms. The quantitative estimate of drug-likeness (QED) is 0.739. The van der Waals surface area contributed by atoms with Gasteiger partial charge in [-0.2, -0.15) is 0 Å². The lowest BCUT2D eigenvalue weighted by Gasteiger charge is -2.19. The number of nitrogens with zero attached hydrogens (tertiary/aromatic N) is 1. The molecule has 0 amide bonds. The van der Waals surface area contributed by atoms with E-state index in [0.29, 0.717) is 15.9 Å². The first-order chi connectivity index (χ1) is 8.77. The van der Waals surface area contributed by atoms with Crippen LogP contribution < -0.4 is 0 Å². The fraction of sp³-hybridized carbons (Fsp3) is 0.357. The van der Waals surface area contributed by atoms with Gasteiger partial charge in [0.25, 0.3) is 0 Å². The molecule has 0 unspecified atom stereocenters. The molecule has 0 saturated carbocycles. The first-order valence-corrected chi connectivity index (χ1v) is 7.40. The summed E-state index contributed by atoms with van der Waals surface area (Å²) in [4.78, 5) is 11.5. The van der Waals surface area contributed by atoms with Gasteiger partial charge < -0.3 is 5.11 Å². The molecule has 5 heteroatoms. The first kappa shape index (κ1) is 14.4. The van der Waals surface area contributed by atoms with Crippen LogP contribution in [0.5, 0.6) is 0 Å². The molecule has 0 atom stereocenters. The molecule has 0 aliphatic rings. The highest BCUT2D eigenvalue weighted by molar-refractivity contribution is 9.08. The van der Waals surface area contributed by atoms with E-state index in [1.54, 1.807) is 6.07 Å². The van der Waals surface area contributed by atoms with Gasteiger partial charge in [-0.25, -0.2) is 9.36 Å². The van der Waals surface area contributed by atoms with Crippen molar-refractivity contribution < 1.29 is 9.90 Å². The Bertz CT molecular complexity index is 655. The maximum absolute atomic E-state index is 11.5. The van der Waals surface area contributed by atoms with Crippen molar-refractivity contribution in [2.24, 2.45) is 0 Å². The molecule has 1 aromatic carbocycles. The van der Waals surface area contributed by atoms with Crippen LogP contribution in [0.4, 0.5) is 4.79 Å². The smallest absolute Gasteiger partial charge is 0.416 e. The predicted octanol–water partition coefficient (Wildman–Crippen LogP) is 5.01. The summed E-state index contributed by atoms with van der Waals surface area (Å²) in [6.45, 7) is 5.96. The Balaban J connectivity index is 2.88. The van der Waals surface area contributed by atoms with Crippen LogP contribution in [0.1, 0.15) is 32.0 Å². The third kappa shape index (κ3) is 2.39. The molecule has 1 aromatic heterocycles. The number of hydrogen-bond donors (Lipinski definition) is 1. The lowest BCUT2D eigenvalue weighted by Crippen LogP contribution is -2.21. The van der Waals surface area contributed by atoms with E-state index in [0.717, 1.165) is 16.6 Å². The summed E-state index contributed by atoms with van der Waals surface area (Å²) in [5, 5.41) is 11.5. The zero-order valence-electron chi connectivity index (χ0n) is 11.0. The zero-order chi connectivity index (χ0) is 14.4. The van der Waals surface area contributed by atoms with Crippen LogP contribution in [0.25, 0.3) is 10.9 Å². The third-order valence-corrected chi connectivity index (χ3v) is 4.15. The van der Waals surface area contributed by atoms with Gasteiger partial charge in [-0.15, -0.1) is 0 Å². The van der Waals surface area contributed by atoms with Gasteiger partial charge in [0.1, 0.15) is 0 Å². The monoisotopic (exact) mass is 343 g/mol. The Labute approximate surface area is 125 Å². The summed E-state index contributed by atoms with van der Waals surface area (Å²) in [7, 11) is 0. The lowest BCUT2D eigenvalue weighted by atomic mass is 9.92. The van der Waals surface area contributed by atoms with Crippen LogP contribution in [0.2, 0.25) is 5.02 Å². The Hall–Kier alpha value is -1.00. The number of hydrogen-bond acceptors (Lipinski definition) is 1. The van der Waals surface area contributed by atoms with Crippen molar-refractivity contribution in [3.63, 3.8) is 0 Å². The molecule has 3 nitrogen and oxygen atoms in total. The van der Waals surface area contributed by atoms with Crippen LogP contribution in [-0.4, -0.2) is 15.8 Å². The molecule has 102 valence electrons.